The number of aromatic nitrogens is 4. The molecule has 0 fully saturated rings. The van der Waals surface area contributed by atoms with Crippen molar-refractivity contribution in [1.29, 1.82) is 0 Å². The molecule has 0 radical (unpaired) electrons. The molecule has 6 nitrogen and oxygen atoms in total. The number of aliphatic hydroxyl groups excluding tert-OH is 1. The number of fused-ring (bicyclic) bond motifs is 1. The smallest absolute Gasteiger partial charge is 0.165 e. The van der Waals surface area contributed by atoms with Gasteiger partial charge in [0.2, 0.25) is 0 Å². The fraction of sp³-hybridized carbons (Fsp3) is 0.444. The van der Waals surface area contributed by atoms with Gasteiger partial charge in [-0.2, -0.15) is 0 Å². The number of nitrogen functional groups attached to an aromatic ring is 1. The molecule has 0 aliphatic rings. The third kappa shape index (κ3) is 1.75. The average molecular weight is 207 g/mol. The van der Waals surface area contributed by atoms with Gasteiger partial charge in [-0.25, -0.2) is 15.0 Å². The first-order chi connectivity index (χ1) is 7.22. The Bertz CT molecular complexity index is 466. The summed E-state index contributed by atoms with van der Waals surface area (Å²) >= 11 is 0. The molecule has 3 N–H and O–H groups in total. The fourth-order valence-corrected chi connectivity index (χ4v) is 1.39. The van der Waals surface area contributed by atoms with Gasteiger partial charge in [0.25, 0.3) is 0 Å². The lowest BCUT2D eigenvalue weighted by Crippen LogP contribution is -2.14. The molecule has 15 heavy (non-hydrogen) atoms. The predicted octanol–water partition coefficient (Wildman–Crippen LogP) is 0.179. The summed E-state index contributed by atoms with van der Waals surface area (Å²) in [7, 11) is 0. The Labute approximate surface area is 86.8 Å². The second-order valence-corrected chi connectivity index (χ2v) is 3.39. The van der Waals surface area contributed by atoms with Crippen molar-refractivity contribution in [3.8, 4) is 0 Å². The molecular weight excluding hydrogens is 194 g/mol. The van der Waals surface area contributed by atoms with Crippen LogP contribution in [-0.4, -0.2) is 30.7 Å². The molecule has 6 heteroatoms. The van der Waals surface area contributed by atoms with Gasteiger partial charge < -0.3 is 15.4 Å². The molecule has 2 heterocycles. The lowest BCUT2D eigenvalue weighted by Gasteiger charge is -2.08. The SMILES string of the molecule is CC[C@@H](O)Cn1cnc2c(N)ncnc21. The molecule has 2 aromatic rings. The summed E-state index contributed by atoms with van der Waals surface area (Å²) < 4.78 is 1.78. The highest BCUT2D eigenvalue weighted by Gasteiger charge is 2.09. The van der Waals surface area contributed by atoms with Gasteiger partial charge >= 0.3 is 0 Å². The van der Waals surface area contributed by atoms with Crippen LogP contribution in [0.25, 0.3) is 11.2 Å². The Morgan fingerprint density at radius 2 is 2.27 bits per heavy atom. The van der Waals surface area contributed by atoms with E-state index in [2.05, 4.69) is 15.0 Å². The van der Waals surface area contributed by atoms with Gasteiger partial charge in [0.1, 0.15) is 11.8 Å². The minimum atomic E-state index is -0.390. The van der Waals surface area contributed by atoms with Crippen LogP contribution in [0.5, 0.6) is 0 Å². The summed E-state index contributed by atoms with van der Waals surface area (Å²) in [5, 5.41) is 9.54. The maximum atomic E-state index is 9.54. The summed E-state index contributed by atoms with van der Waals surface area (Å²) in [6.07, 6.45) is 3.32. The topological polar surface area (TPSA) is 89.8 Å². The van der Waals surface area contributed by atoms with Gasteiger partial charge in [0, 0.05) is 0 Å². The van der Waals surface area contributed by atoms with Crippen LogP contribution in [0.15, 0.2) is 12.7 Å². The van der Waals surface area contributed by atoms with E-state index in [-0.39, 0.29) is 0 Å². The third-order valence-electron chi connectivity index (χ3n) is 2.31. The maximum Gasteiger partial charge on any atom is 0.165 e. The van der Waals surface area contributed by atoms with Crippen LogP contribution < -0.4 is 5.73 Å². The number of nitrogens with zero attached hydrogens (tertiary/aromatic N) is 4. The lowest BCUT2D eigenvalue weighted by atomic mass is 10.3. The monoisotopic (exact) mass is 207 g/mol. The van der Waals surface area contributed by atoms with Crippen molar-refractivity contribution in [2.75, 3.05) is 5.73 Å². The summed E-state index contributed by atoms with van der Waals surface area (Å²) in [5.41, 5.74) is 6.89. The molecule has 80 valence electrons. The number of anilines is 1. The van der Waals surface area contributed by atoms with E-state index in [0.29, 0.717) is 29.9 Å². The Morgan fingerprint density at radius 1 is 1.47 bits per heavy atom. The molecule has 0 aliphatic carbocycles. The highest BCUT2D eigenvalue weighted by atomic mass is 16.3. The molecule has 0 saturated carbocycles. The number of hydrogen-bond acceptors (Lipinski definition) is 5. The number of rotatable bonds is 3. The Hall–Kier alpha value is -1.69. The molecule has 2 aromatic heterocycles. The lowest BCUT2D eigenvalue weighted by molar-refractivity contribution is 0.151. The van der Waals surface area contributed by atoms with Crippen molar-refractivity contribution in [3.63, 3.8) is 0 Å². The van der Waals surface area contributed by atoms with Crippen LogP contribution in [0.3, 0.4) is 0 Å². The van der Waals surface area contributed by atoms with E-state index in [4.69, 9.17) is 5.73 Å². The van der Waals surface area contributed by atoms with Gasteiger partial charge in [-0.1, -0.05) is 6.92 Å². The molecule has 0 saturated heterocycles. The summed E-state index contributed by atoms with van der Waals surface area (Å²) in [4.78, 5) is 12.0. The zero-order valence-corrected chi connectivity index (χ0v) is 8.46. The van der Waals surface area contributed by atoms with Crippen LogP contribution in [0.4, 0.5) is 5.82 Å². The van der Waals surface area contributed by atoms with Crippen LogP contribution in [0, 0.1) is 0 Å². The van der Waals surface area contributed by atoms with E-state index < -0.39 is 6.10 Å². The van der Waals surface area contributed by atoms with Gasteiger partial charge in [-0.3, -0.25) is 0 Å². The Balaban J connectivity index is 2.41. The van der Waals surface area contributed by atoms with Crippen LogP contribution in [0.1, 0.15) is 13.3 Å². The average Bonchev–Trinajstić information content (AvgIpc) is 2.63. The zero-order chi connectivity index (χ0) is 10.8. The highest BCUT2D eigenvalue weighted by Crippen LogP contribution is 2.14. The second kappa shape index (κ2) is 3.82. The predicted molar refractivity (Wildman–Crippen MR) is 56.0 cm³/mol. The van der Waals surface area contributed by atoms with E-state index in [9.17, 15) is 5.11 Å². The quantitative estimate of drug-likeness (QED) is 0.749. The van der Waals surface area contributed by atoms with Crippen molar-refractivity contribution in [2.45, 2.75) is 26.0 Å². The van der Waals surface area contributed by atoms with E-state index in [1.54, 1.807) is 10.9 Å². The molecule has 0 unspecified atom stereocenters. The molecule has 1 atom stereocenters. The Morgan fingerprint density at radius 3 is 3.00 bits per heavy atom. The first-order valence-corrected chi connectivity index (χ1v) is 4.81. The van der Waals surface area contributed by atoms with Gasteiger partial charge in [0.15, 0.2) is 11.5 Å². The van der Waals surface area contributed by atoms with E-state index in [1.165, 1.54) is 6.33 Å². The molecule has 0 bridgehead atoms. The van der Waals surface area contributed by atoms with Crippen molar-refractivity contribution in [3.05, 3.63) is 12.7 Å². The number of nitrogens with two attached hydrogens (primary N) is 1. The van der Waals surface area contributed by atoms with Crippen molar-refractivity contribution in [1.82, 2.24) is 19.5 Å². The number of hydrogen-bond donors (Lipinski definition) is 2. The summed E-state index contributed by atoms with van der Waals surface area (Å²) in [6, 6.07) is 0. The number of imidazole rings is 1. The van der Waals surface area contributed by atoms with Crippen molar-refractivity contribution in [2.24, 2.45) is 0 Å². The van der Waals surface area contributed by atoms with Gasteiger partial charge in [0.05, 0.1) is 19.0 Å². The fourth-order valence-electron chi connectivity index (χ4n) is 1.39. The standard InChI is InChI=1S/C9H13N5O/c1-2-6(15)3-14-5-13-7-8(10)11-4-12-9(7)14/h4-6,15H,2-3H2,1H3,(H2,10,11,12)/t6-/m1/s1. The largest absolute Gasteiger partial charge is 0.391 e. The van der Waals surface area contributed by atoms with Crippen LogP contribution in [-0.2, 0) is 6.54 Å². The molecule has 0 aliphatic heterocycles. The van der Waals surface area contributed by atoms with Gasteiger partial charge in [-0.05, 0) is 6.42 Å². The number of aliphatic hydroxyl groups is 1. The molecular formula is C9H13N5O. The normalized spacial score (nSPS) is 13.2. The molecule has 0 aromatic carbocycles. The first-order valence-electron chi connectivity index (χ1n) is 4.81. The third-order valence-corrected chi connectivity index (χ3v) is 2.31. The molecule has 2 rings (SSSR count). The van der Waals surface area contributed by atoms with E-state index >= 15 is 0 Å². The van der Waals surface area contributed by atoms with Crippen LogP contribution >= 0.6 is 0 Å². The summed E-state index contributed by atoms with van der Waals surface area (Å²) in [5.74, 6) is 0.365. The Kier molecular flexibility index (Phi) is 2.51. The van der Waals surface area contributed by atoms with Gasteiger partial charge in [-0.15, -0.1) is 0 Å². The van der Waals surface area contributed by atoms with Crippen LogP contribution in [0.2, 0.25) is 0 Å². The highest BCUT2D eigenvalue weighted by molar-refractivity contribution is 5.81. The van der Waals surface area contributed by atoms with Crippen molar-refractivity contribution >= 4 is 17.0 Å². The maximum absolute atomic E-state index is 9.54. The summed E-state index contributed by atoms with van der Waals surface area (Å²) in [6.45, 7) is 2.40. The second-order valence-electron chi connectivity index (χ2n) is 3.39. The van der Waals surface area contributed by atoms with E-state index in [1.807, 2.05) is 6.92 Å². The van der Waals surface area contributed by atoms with E-state index in [0.717, 1.165) is 0 Å². The first kappa shape index (κ1) is 9.85. The minimum absolute atomic E-state index is 0.365. The molecule has 0 amide bonds. The zero-order valence-electron chi connectivity index (χ0n) is 8.46. The van der Waals surface area contributed by atoms with Crippen molar-refractivity contribution < 1.29 is 5.11 Å². The molecule has 0 spiro atoms. The minimum Gasteiger partial charge on any atom is -0.391 e.